The van der Waals surface area contributed by atoms with Crippen LogP contribution in [0.4, 0.5) is 4.39 Å². The number of nitrogens with zero attached hydrogens (tertiary/aromatic N) is 1. The molecule has 1 N–H and O–H groups in total. The van der Waals surface area contributed by atoms with Gasteiger partial charge in [0.05, 0.1) is 0 Å². The van der Waals surface area contributed by atoms with Crippen LogP contribution in [0.15, 0.2) is 12.1 Å². The number of aromatic hydroxyl groups is 1. The smallest absolute Gasteiger partial charge is 0.130 e. The van der Waals surface area contributed by atoms with Gasteiger partial charge in [0.1, 0.15) is 11.6 Å². The molecule has 1 aliphatic heterocycles. The minimum absolute atomic E-state index is 0.0540. The maximum atomic E-state index is 13.6. The number of halogens is 1. The molecule has 1 saturated heterocycles. The van der Waals surface area contributed by atoms with Crippen LogP contribution in [-0.4, -0.2) is 29.1 Å². The molecule has 1 unspecified atom stereocenters. The Morgan fingerprint density at radius 2 is 1.94 bits per heavy atom. The molecule has 1 fully saturated rings. The molecular formula is C13H16FNO. The average molecular weight is 221 g/mol. The van der Waals surface area contributed by atoms with Gasteiger partial charge in [0, 0.05) is 12.1 Å². The van der Waals surface area contributed by atoms with Crippen molar-refractivity contribution in [2.24, 2.45) is 0 Å². The van der Waals surface area contributed by atoms with Gasteiger partial charge in [-0.15, -0.1) is 0 Å². The topological polar surface area (TPSA) is 23.5 Å². The molecule has 2 aliphatic rings. The standard InChI is InChI=1S/C13H16FNO/c14-13-8-11(16)6-9-5-10(7-12(9)13)15-3-1-2-4-15/h6,8,10,16H,1-5,7H2. The van der Waals surface area contributed by atoms with Crippen LogP contribution < -0.4 is 0 Å². The maximum absolute atomic E-state index is 13.6. The summed E-state index contributed by atoms with van der Waals surface area (Å²) in [4.78, 5) is 2.45. The second kappa shape index (κ2) is 3.74. The van der Waals surface area contributed by atoms with E-state index in [2.05, 4.69) is 4.90 Å². The normalized spacial score (nSPS) is 24.9. The summed E-state index contributed by atoms with van der Waals surface area (Å²) in [5.41, 5.74) is 1.81. The zero-order chi connectivity index (χ0) is 11.1. The number of phenolic OH excluding ortho intramolecular Hbond substituents is 1. The molecule has 1 aliphatic carbocycles. The monoisotopic (exact) mass is 221 g/mol. The lowest BCUT2D eigenvalue weighted by Crippen LogP contribution is -2.33. The molecule has 0 spiro atoms. The largest absolute Gasteiger partial charge is 0.508 e. The van der Waals surface area contributed by atoms with Crippen LogP contribution in [0.2, 0.25) is 0 Å². The Balaban J connectivity index is 1.85. The first-order chi connectivity index (χ1) is 7.74. The fraction of sp³-hybridized carbons (Fsp3) is 0.538. The van der Waals surface area contributed by atoms with Crippen molar-refractivity contribution in [1.82, 2.24) is 4.90 Å². The molecule has 0 bridgehead atoms. The first kappa shape index (κ1) is 10.1. The molecule has 1 aromatic rings. The first-order valence-corrected chi connectivity index (χ1v) is 5.98. The third kappa shape index (κ3) is 1.59. The number of benzene rings is 1. The summed E-state index contributed by atoms with van der Waals surface area (Å²) in [7, 11) is 0. The Kier molecular flexibility index (Phi) is 2.36. The molecule has 3 rings (SSSR count). The summed E-state index contributed by atoms with van der Waals surface area (Å²) in [6.07, 6.45) is 4.23. The van der Waals surface area contributed by atoms with Gasteiger partial charge in [-0.3, -0.25) is 4.90 Å². The summed E-state index contributed by atoms with van der Waals surface area (Å²) < 4.78 is 13.6. The SMILES string of the molecule is Oc1cc(F)c2c(c1)CC(N1CCCC1)C2. The van der Waals surface area contributed by atoms with E-state index in [1.54, 1.807) is 6.07 Å². The van der Waals surface area contributed by atoms with E-state index in [-0.39, 0.29) is 11.6 Å². The fourth-order valence-electron chi connectivity index (χ4n) is 3.01. The van der Waals surface area contributed by atoms with Gasteiger partial charge >= 0.3 is 0 Å². The van der Waals surface area contributed by atoms with Gasteiger partial charge in [-0.1, -0.05) is 0 Å². The highest BCUT2D eigenvalue weighted by atomic mass is 19.1. The second-order valence-corrected chi connectivity index (χ2v) is 4.87. The van der Waals surface area contributed by atoms with Crippen LogP contribution in [0.25, 0.3) is 0 Å². The Bertz CT molecular complexity index is 413. The summed E-state index contributed by atoms with van der Waals surface area (Å²) in [5.74, 6) is -0.185. The van der Waals surface area contributed by atoms with Gasteiger partial charge < -0.3 is 5.11 Å². The van der Waals surface area contributed by atoms with E-state index in [9.17, 15) is 9.50 Å². The first-order valence-electron chi connectivity index (χ1n) is 5.98. The van der Waals surface area contributed by atoms with Gasteiger partial charge in [0.15, 0.2) is 0 Å². The highest BCUT2D eigenvalue weighted by Gasteiger charge is 2.30. The lowest BCUT2D eigenvalue weighted by molar-refractivity contribution is 0.249. The van der Waals surface area contributed by atoms with Crippen molar-refractivity contribution >= 4 is 0 Å². The van der Waals surface area contributed by atoms with Crippen molar-refractivity contribution in [3.05, 3.63) is 29.1 Å². The average Bonchev–Trinajstić information content (AvgIpc) is 2.82. The quantitative estimate of drug-likeness (QED) is 0.785. The highest BCUT2D eigenvalue weighted by Crippen LogP contribution is 2.32. The van der Waals surface area contributed by atoms with Crippen molar-refractivity contribution in [1.29, 1.82) is 0 Å². The molecule has 0 radical (unpaired) electrons. The number of hydrogen-bond donors (Lipinski definition) is 1. The van der Waals surface area contributed by atoms with Crippen LogP contribution in [-0.2, 0) is 12.8 Å². The number of rotatable bonds is 1. The van der Waals surface area contributed by atoms with E-state index in [1.165, 1.54) is 18.9 Å². The van der Waals surface area contributed by atoms with Crippen molar-refractivity contribution in [3.8, 4) is 5.75 Å². The Labute approximate surface area is 94.7 Å². The molecule has 0 amide bonds. The van der Waals surface area contributed by atoms with Crippen LogP contribution in [0.5, 0.6) is 5.75 Å². The predicted octanol–water partition coefficient (Wildman–Crippen LogP) is 2.09. The van der Waals surface area contributed by atoms with Crippen LogP contribution >= 0.6 is 0 Å². The number of fused-ring (bicyclic) bond motifs is 1. The molecule has 1 atom stereocenters. The zero-order valence-corrected chi connectivity index (χ0v) is 9.25. The molecule has 3 heteroatoms. The molecule has 1 aromatic carbocycles. The molecule has 1 heterocycles. The van der Waals surface area contributed by atoms with Gasteiger partial charge in [-0.05, 0) is 56.0 Å². The second-order valence-electron chi connectivity index (χ2n) is 4.87. The van der Waals surface area contributed by atoms with Crippen molar-refractivity contribution in [2.75, 3.05) is 13.1 Å². The van der Waals surface area contributed by atoms with Gasteiger partial charge in [0.2, 0.25) is 0 Å². The maximum Gasteiger partial charge on any atom is 0.130 e. The van der Waals surface area contributed by atoms with Gasteiger partial charge in [-0.25, -0.2) is 4.39 Å². The van der Waals surface area contributed by atoms with Crippen LogP contribution in [0, 0.1) is 5.82 Å². The molecular weight excluding hydrogens is 205 g/mol. The van der Waals surface area contributed by atoms with Crippen molar-refractivity contribution in [2.45, 2.75) is 31.7 Å². The highest BCUT2D eigenvalue weighted by molar-refractivity contribution is 5.40. The summed E-state index contributed by atoms with van der Waals surface area (Å²) >= 11 is 0. The van der Waals surface area contributed by atoms with Crippen LogP contribution in [0.3, 0.4) is 0 Å². The van der Waals surface area contributed by atoms with E-state index in [0.29, 0.717) is 6.04 Å². The molecule has 0 aromatic heterocycles. The molecule has 16 heavy (non-hydrogen) atoms. The number of phenols is 1. The summed E-state index contributed by atoms with van der Waals surface area (Å²) in [5, 5.41) is 9.38. The zero-order valence-electron chi connectivity index (χ0n) is 9.25. The molecule has 0 saturated carbocycles. The van der Waals surface area contributed by atoms with E-state index in [4.69, 9.17) is 0 Å². The fourth-order valence-corrected chi connectivity index (χ4v) is 3.01. The molecule has 2 nitrogen and oxygen atoms in total. The van der Waals surface area contributed by atoms with Crippen LogP contribution in [0.1, 0.15) is 24.0 Å². The lowest BCUT2D eigenvalue weighted by Gasteiger charge is -2.22. The van der Waals surface area contributed by atoms with Crippen molar-refractivity contribution in [3.63, 3.8) is 0 Å². The third-order valence-electron chi connectivity index (χ3n) is 3.82. The summed E-state index contributed by atoms with van der Waals surface area (Å²) in [6, 6.07) is 3.40. The van der Waals surface area contributed by atoms with Gasteiger partial charge in [-0.2, -0.15) is 0 Å². The van der Waals surface area contributed by atoms with E-state index in [0.717, 1.165) is 37.1 Å². The lowest BCUT2D eigenvalue weighted by atomic mass is 10.1. The van der Waals surface area contributed by atoms with E-state index in [1.807, 2.05) is 0 Å². The van der Waals surface area contributed by atoms with Crippen molar-refractivity contribution < 1.29 is 9.50 Å². The number of hydrogen-bond acceptors (Lipinski definition) is 2. The number of likely N-dealkylation sites (tertiary alicyclic amines) is 1. The predicted molar refractivity (Wildman–Crippen MR) is 60.1 cm³/mol. The minimum Gasteiger partial charge on any atom is -0.508 e. The molecule has 86 valence electrons. The Hall–Kier alpha value is -1.09. The van der Waals surface area contributed by atoms with Gasteiger partial charge in [0.25, 0.3) is 0 Å². The summed E-state index contributed by atoms with van der Waals surface area (Å²) in [6.45, 7) is 2.29. The third-order valence-corrected chi connectivity index (χ3v) is 3.82. The van der Waals surface area contributed by atoms with E-state index < -0.39 is 0 Å². The minimum atomic E-state index is -0.239. The Morgan fingerprint density at radius 1 is 1.19 bits per heavy atom. The Morgan fingerprint density at radius 3 is 2.69 bits per heavy atom. The van der Waals surface area contributed by atoms with E-state index >= 15 is 0 Å².